The van der Waals surface area contributed by atoms with Gasteiger partial charge in [0.05, 0.1) is 17.8 Å². The van der Waals surface area contributed by atoms with Crippen LogP contribution in [0.2, 0.25) is 0 Å². The second kappa shape index (κ2) is 4.74. The molecule has 4 nitrogen and oxygen atoms in total. The van der Waals surface area contributed by atoms with Crippen molar-refractivity contribution in [2.75, 3.05) is 0 Å². The van der Waals surface area contributed by atoms with Crippen LogP contribution >= 0.6 is 12.2 Å². The molecule has 0 saturated heterocycles. The molecule has 0 unspecified atom stereocenters. The Hall–Kier alpha value is -0.940. The molecule has 0 bridgehead atoms. The van der Waals surface area contributed by atoms with E-state index in [2.05, 4.69) is 23.8 Å². The fourth-order valence-electron chi connectivity index (χ4n) is 2.43. The van der Waals surface area contributed by atoms with E-state index >= 15 is 0 Å². The van der Waals surface area contributed by atoms with E-state index in [1.54, 1.807) is 0 Å². The quantitative estimate of drug-likeness (QED) is 0.797. The van der Waals surface area contributed by atoms with Gasteiger partial charge < -0.3 is 9.72 Å². The highest BCUT2D eigenvalue weighted by atomic mass is 32.1. The molecule has 0 aliphatic carbocycles. The summed E-state index contributed by atoms with van der Waals surface area (Å²) in [5, 5.41) is 0. The smallest absolute Gasteiger partial charge is 0.257 e. The first-order valence-corrected chi connectivity index (χ1v) is 6.39. The summed E-state index contributed by atoms with van der Waals surface area (Å²) in [6, 6.07) is 0. The Kier molecular flexibility index (Phi) is 3.49. The molecule has 2 rings (SSSR count). The lowest BCUT2D eigenvalue weighted by Gasteiger charge is -2.30. The third kappa shape index (κ3) is 2.66. The van der Waals surface area contributed by atoms with Gasteiger partial charge in [-0.05, 0) is 31.5 Å². The first-order valence-electron chi connectivity index (χ1n) is 5.98. The maximum atomic E-state index is 11.8. The van der Waals surface area contributed by atoms with Gasteiger partial charge in [0, 0.05) is 12.1 Å². The second-order valence-corrected chi connectivity index (χ2v) is 5.44. The number of aromatic nitrogens is 2. The van der Waals surface area contributed by atoms with Crippen LogP contribution in [0.5, 0.6) is 0 Å². The van der Waals surface area contributed by atoms with Crippen molar-refractivity contribution in [3.8, 4) is 0 Å². The Balaban J connectivity index is 2.36. The minimum absolute atomic E-state index is 0.126. The van der Waals surface area contributed by atoms with Gasteiger partial charge in [-0.15, -0.1) is 0 Å². The number of rotatable bonds is 2. The van der Waals surface area contributed by atoms with Gasteiger partial charge in [-0.2, -0.15) is 0 Å². The van der Waals surface area contributed by atoms with Crippen molar-refractivity contribution in [2.45, 2.75) is 45.8 Å². The minimum Gasteiger partial charge on any atom is -0.370 e. The van der Waals surface area contributed by atoms with Gasteiger partial charge in [0.2, 0.25) is 0 Å². The zero-order valence-electron chi connectivity index (χ0n) is 10.4. The number of ether oxygens (including phenoxy) is 1. The third-order valence-corrected chi connectivity index (χ3v) is 3.23. The SMILES string of the molecule is CC(C)C[C@@H]1Cc2[nH]c(=S)[nH]c(=O)c2[C@H](C)O1. The minimum atomic E-state index is -0.168. The van der Waals surface area contributed by atoms with E-state index in [1.807, 2.05) is 6.92 Å². The maximum Gasteiger partial charge on any atom is 0.257 e. The van der Waals surface area contributed by atoms with Gasteiger partial charge in [0.1, 0.15) is 0 Å². The van der Waals surface area contributed by atoms with Gasteiger partial charge in [0.15, 0.2) is 4.77 Å². The molecule has 0 radical (unpaired) electrons. The Morgan fingerprint density at radius 1 is 1.47 bits per heavy atom. The second-order valence-electron chi connectivity index (χ2n) is 5.03. The van der Waals surface area contributed by atoms with Gasteiger partial charge >= 0.3 is 0 Å². The number of H-pyrrole nitrogens is 2. The normalized spacial score (nSPS) is 23.8. The molecule has 94 valence electrons. The number of hydrogen-bond acceptors (Lipinski definition) is 3. The van der Waals surface area contributed by atoms with Crippen molar-refractivity contribution in [3.05, 3.63) is 26.4 Å². The molecule has 2 heterocycles. The molecule has 0 amide bonds. The van der Waals surface area contributed by atoms with Crippen LogP contribution in [0.15, 0.2) is 4.79 Å². The first kappa shape index (κ1) is 12.5. The largest absolute Gasteiger partial charge is 0.370 e. The van der Waals surface area contributed by atoms with Crippen molar-refractivity contribution in [1.29, 1.82) is 0 Å². The summed E-state index contributed by atoms with van der Waals surface area (Å²) in [4.78, 5) is 17.5. The summed E-state index contributed by atoms with van der Waals surface area (Å²) in [5.74, 6) is 0.582. The van der Waals surface area contributed by atoms with E-state index in [9.17, 15) is 4.79 Å². The molecule has 0 aromatic carbocycles. The van der Waals surface area contributed by atoms with Gasteiger partial charge in [-0.1, -0.05) is 13.8 Å². The predicted molar refractivity (Wildman–Crippen MR) is 68.7 cm³/mol. The van der Waals surface area contributed by atoms with Crippen molar-refractivity contribution in [3.63, 3.8) is 0 Å². The van der Waals surface area contributed by atoms with Crippen LogP contribution in [0, 0.1) is 10.7 Å². The molecular weight excluding hydrogens is 236 g/mol. The highest BCUT2D eigenvalue weighted by molar-refractivity contribution is 7.71. The van der Waals surface area contributed by atoms with Crippen LogP contribution in [0.4, 0.5) is 0 Å². The van der Waals surface area contributed by atoms with E-state index in [-0.39, 0.29) is 17.8 Å². The average Bonchev–Trinajstić information content (AvgIpc) is 2.13. The lowest BCUT2D eigenvalue weighted by atomic mass is 9.95. The zero-order chi connectivity index (χ0) is 12.6. The van der Waals surface area contributed by atoms with Gasteiger partial charge in [-0.25, -0.2) is 0 Å². The van der Waals surface area contributed by atoms with Crippen LogP contribution in [-0.4, -0.2) is 16.1 Å². The summed E-state index contributed by atoms with van der Waals surface area (Å²) < 4.78 is 6.26. The van der Waals surface area contributed by atoms with Crippen molar-refractivity contribution < 1.29 is 4.74 Å². The number of nitrogens with one attached hydrogen (secondary N) is 2. The Morgan fingerprint density at radius 2 is 2.18 bits per heavy atom. The first-order chi connectivity index (χ1) is 7.97. The van der Waals surface area contributed by atoms with Crippen molar-refractivity contribution in [1.82, 2.24) is 9.97 Å². The topological polar surface area (TPSA) is 57.9 Å². The summed E-state index contributed by atoms with van der Waals surface area (Å²) in [7, 11) is 0. The Bertz CT molecular complexity index is 518. The highest BCUT2D eigenvalue weighted by Gasteiger charge is 2.28. The Labute approximate surface area is 105 Å². The van der Waals surface area contributed by atoms with E-state index in [4.69, 9.17) is 17.0 Å². The highest BCUT2D eigenvalue weighted by Crippen LogP contribution is 2.28. The molecule has 1 aromatic rings. The fraction of sp³-hybridized carbons (Fsp3) is 0.667. The van der Waals surface area contributed by atoms with E-state index in [0.717, 1.165) is 18.5 Å². The molecule has 0 fully saturated rings. The monoisotopic (exact) mass is 254 g/mol. The third-order valence-electron chi connectivity index (χ3n) is 3.03. The predicted octanol–water partition coefficient (Wildman–Crippen LogP) is 2.48. The summed E-state index contributed by atoms with van der Waals surface area (Å²) in [6.07, 6.45) is 1.74. The average molecular weight is 254 g/mol. The lowest BCUT2D eigenvalue weighted by molar-refractivity contribution is -0.0275. The molecule has 0 saturated carbocycles. The van der Waals surface area contributed by atoms with Crippen LogP contribution in [0.1, 0.15) is 44.6 Å². The van der Waals surface area contributed by atoms with Gasteiger partial charge in [-0.3, -0.25) is 9.78 Å². The van der Waals surface area contributed by atoms with E-state index in [0.29, 0.717) is 16.3 Å². The maximum absolute atomic E-state index is 11.8. The van der Waals surface area contributed by atoms with Crippen LogP contribution in [-0.2, 0) is 11.2 Å². The summed E-state index contributed by atoms with van der Waals surface area (Å²) in [5.41, 5.74) is 1.50. The molecule has 2 N–H and O–H groups in total. The van der Waals surface area contributed by atoms with Crippen molar-refractivity contribution >= 4 is 12.2 Å². The number of aromatic amines is 2. The fourth-order valence-corrected chi connectivity index (χ4v) is 2.65. The van der Waals surface area contributed by atoms with Crippen LogP contribution < -0.4 is 5.56 Å². The molecule has 0 spiro atoms. The Morgan fingerprint density at radius 3 is 2.82 bits per heavy atom. The molecule has 5 heteroatoms. The number of hydrogen-bond donors (Lipinski definition) is 2. The van der Waals surface area contributed by atoms with Crippen molar-refractivity contribution in [2.24, 2.45) is 5.92 Å². The molecule has 1 aromatic heterocycles. The molecule has 17 heavy (non-hydrogen) atoms. The van der Waals surface area contributed by atoms with Crippen LogP contribution in [0.3, 0.4) is 0 Å². The molecule has 1 aliphatic rings. The zero-order valence-corrected chi connectivity index (χ0v) is 11.2. The van der Waals surface area contributed by atoms with E-state index < -0.39 is 0 Å². The lowest BCUT2D eigenvalue weighted by Crippen LogP contribution is -2.32. The summed E-state index contributed by atoms with van der Waals surface area (Å²) in [6.45, 7) is 6.25. The standard InChI is InChI=1S/C12H18N2O2S/c1-6(2)4-8-5-9-10(7(3)16-8)11(15)14-12(17)13-9/h6-8H,4-5H2,1-3H3,(H2,13,14,15,17)/t7-,8+/m0/s1. The number of fused-ring (bicyclic) bond motifs is 1. The molecular formula is C12H18N2O2S. The summed E-state index contributed by atoms with van der Waals surface area (Å²) >= 11 is 5.00. The van der Waals surface area contributed by atoms with Crippen LogP contribution in [0.25, 0.3) is 0 Å². The van der Waals surface area contributed by atoms with E-state index in [1.165, 1.54) is 0 Å². The van der Waals surface area contributed by atoms with Gasteiger partial charge in [0.25, 0.3) is 5.56 Å². The molecule has 1 aliphatic heterocycles. The molecule has 2 atom stereocenters.